The number of rotatable bonds is 6. The molecule has 2 aromatic rings. The number of carbonyl (C=O) groups excluding carboxylic acids is 2. The van der Waals surface area contributed by atoms with Gasteiger partial charge in [0.2, 0.25) is 5.91 Å². The molecule has 1 saturated heterocycles. The number of aromatic nitrogens is 1. The fourth-order valence-corrected chi connectivity index (χ4v) is 3.27. The molecule has 0 saturated carbocycles. The molecule has 1 aromatic carbocycles. The molecule has 0 aliphatic carbocycles. The van der Waals surface area contributed by atoms with E-state index in [-0.39, 0.29) is 30.3 Å². The Morgan fingerprint density at radius 2 is 1.74 bits per heavy atom. The molecule has 1 amide bonds. The van der Waals surface area contributed by atoms with Crippen molar-refractivity contribution >= 4 is 11.7 Å². The van der Waals surface area contributed by atoms with Gasteiger partial charge < -0.3 is 9.42 Å². The predicted molar refractivity (Wildman–Crippen MR) is 97.8 cm³/mol. The van der Waals surface area contributed by atoms with Crippen LogP contribution in [-0.4, -0.2) is 52.8 Å². The maximum atomic E-state index is 12.9. The third-order valence-electron chi connectivity index (χ3n) is 5.02. The third kappa shape index (κ3) is 4.80. The van der Waals surface area contributed by atoms with Crippen molar-refractivity contribution in [3.05, 3.63) is 52.7 Å². The summed E-state index contributed by atoms with van der Waals surface area (Å²) in [5, 5.41) is 3.98. The van der Waals surface area contributed by atoms with Crippen LogP contribution in [0.15, 0.2) is 28.8 Å². The van der Waals surface area contributed by atoms with Gasteiger partial charge in [-0.05, 0) is 38.1 Å². The monoisotopic (exact) mass is 373 g/mol. The molecule has 3 rings (SSSR count). The first-order chi connectivity index (χ1) is 12.9. The molecule has 6 nitrogen and oxygen atoms in total. The van der Waals surface area contributed by atoms with Crippen molar-refractivity contribution in [2.24, 2.45) is 0 Å². The van der Waals surface area contributed by atoms with Gasteiger partial charge in [0.05, 0.1) is 5.69 Å². The normalized spacial score (nSPS) is 15.1. The fraction of sp³-hybridized carbons (Fsp3) is 0.450. The molecule has 1 aromatic heterocycles. The second-order valence-corrected chi connectivity index (χ2v) is 6.89. The largest absolute Gasteiger partial charge is 0.361 e. The van der Waals surface area contributed by atoms with Crippen LogP contribution in [0, 0.1) is 19.7 Å². The van der Waals surface area contributed by atoms with Gasteiger partial charge in [0.15, 0.2) is 5.78 Å². The summed E-state index contributed by atoms with van der Waals surface area (Å²) in [4.78, 5) is 28.6. The van der Waals surface area contributed by atoms with Gasteiger partial charge in [0.25, 0.3) is 0 Å². The van der Waals surface area contributed by atoms with Crippen LogP contribution in [0.5, 0.6) is 0 Å². The number of halogens is 1. The Kier molecular flexibility index (Phi) is 6.01. The molecule has 2 heterocycles. The minimum Gasteiger partial charge on any atom is -0.361 e. The molecule has 0 N–H and O–H groups in total. The first-order valence-electron chi connectivity index (χ1n) is 9.14. The first kappa shape index (κ1) is 19.2. The van der Waals surface area contributed by atoms with Crippen LogP contribution < -0.4 is 0 Å². The Morgan fingerprint density at radius 3 is 2.33 bits per heavy atom. The van der Waals surface area contributed by atoms with Crippen LogP contribution in [0.1, 0.15) is 40.2 Å². The molecule has 1 aliphatic rings. The van der Waals surface area contributed by atoms with E-state index in [1.54, 1.807) is 0 Å². The number of hydrogen-bond acceptors (Lipinski definition) is 5. The van der Waals surface area contributed by atoms with E-state index in [1.807, 2.05) is 18.7 Å². The first-order valence-corrected chi connectivity index (χ1v) is 9.14. The molecule has 144 valence electrons. The summed E-state index contributed by atoms with van der Waals surface area (Å²) in [6.45, 7) is 7.46. The van der Waals surface area contributed by atoms with Gasteiger partial charge in [-0.15, -0.1) is 0 Å². The Morgan fingerprint density at radius 1 is 1.07 bits per heavy atom. The van der Waals surface area contributed by atoms with Gasteiger partial charge in [-0.1, -0.05) is 5.16 Å². The molecule has 0 radical (unpaired) electrons. The molecule has 7 heteroatoms. The van der Waals surface area contributed by atoms with Crippen LogP contribution >= 0.6 is 0 Å². The van der Waals surface area contributed by atoms with Crippen LogP contribution in [0.4, 0.5) is 4.39 Å². The lowest BCUT2D eigenvalue weighted by molar-refractivity contribution is -0.133. The summed E-state index contributed by atoms with van der Waals surface area (Å²) < 4.78 is 18.1. The van der Waals surface area contributed by atoms with E-state index in [9.17, 15) is 14.0 Å². The number of aryl methyl sites for hydroxylation is 2. The van der Waals surface area contributed by atoms with Crippen LogP contribution in [-0.2, 0) is 11.3 Å². The van der Waals surface area contributed by atoms with E-state index in [0.29, 0.717) is 18.7 Å². The second-order valence-electron chi connectivity index (χ2n) is 6.89. The van der Waals surface area contributed by atoms with E-state index in [4.69, 9.17) is 4.52 Å². The average Bonchev–Trinajstić information content (AvgIpc) is 2.99. The highest BCUT2D eigenvalue weighted by atomic mass is 19.1. The molecule has 0 bridgehead atoms. The van der Waals surface area contributed by atoms with E-state index in [2.05, 4.69) is 10.1 Å². The smallest absolute Gasteiger partial charge is 0.223 e. The van der Waals surface area contributed by atoms with Crippen LogP contribution in [0.25, 0.3) is 0 Å². The minimum atomic E-state index is -0.378. The van der Waals surface area contributed by atoms with Gasteiger partial charge >= 0.3 is 0 Å². The predicted octanol–water partition coefficient (Wildman–Crippen LogP) is 2.74. The van der Waals surface area contributed by atoms with Gasteiger partial charge in [0, 0.05) is 56.7 Å². The molecular formula is C20H24FN3O3. The van der Waals surface area contributed by atoms with Gasteiger partial charge in [0.1, 0.15) is 11.6 Å². The number of ketones is 1. The molecule has 0 atom stereocenters. The Hall–Kier alpha value is -2.54. The molecule has 0 unspecified atom stereocenters. The Labute approximate surface area is 157 Å². The number of amides is 1. The highest BCUT2D eigenvalue weighted by Crippen LogP contribution is 2.17. The van der Waals surface area contributed by atoms with Gasteiger partial charge in [-0.25, -0.2) is 4.39 Å². The zero-order chi connectivity index (χ0) is 19.4. The summed E-state index contributed by atoms with van der Waals surface area (Å²) in [5.74, 6) is 0.310. The summed E-state index contributed by atoms with van der Waals surface area (Å²) in [6.07, 6.45) is 0.323. The summed E-state index contributed by atoms with van der Waals surface area (Å²) in [5.41, 5.74) is 2.46. The third-order valence-corrected chi connectivity index (χ3v) is 5.02. The summed E-state index contributed by atoms with van der Waals surface area (Å²) in [6, 6.07) is 5.42. The molecule has 27 heavy (non-hydrogen) atoms. The fourth-order valence-electron chi connectivity index (χ4n) is 3.27. The van der Waals surface area contributed by atoms with Crippen LogP contribution in [0.2, 0.25) is 0 Å². The lowest BCUT2D eigenvalue weighted by Crippen LogP contribution is -2.48. The van der Waals surface area contributed by atoms with Gasteiger partial charge in [-0.3, -0.25) is 14.5 Å². The average molecular weight is 373 g/mol. The summed E-state index contributed by atoms with van der Waals surface area (Å²) >= 11 is 0. The Balaban J connectivity index is 1.44. The lowest BCUT2D eigenvalue weighted by atomic mass is 10.1. The number of nitrogens with zero attached hydrogens (tertiary/aromatic N) is 3. The number of carbonyl (C=O) groups is 2. The van der Waals surface area contributed by atoms with Crippen molar-refractivity contribution in [1.29, 1.82) is 0 Å². The highest BCUT2D eigenvalue weighted by molar-refractivity contribution is 5.97. The minimum absolute atomic E-state index is 0.0116. The van der Waals surface area contributed by atoms with Crippen molar-refractivity contribution in [3.63, 3.8) is 0 Å². The maximum Gasteiger partial charge on any atom is 0.223 e. The second kappa shape index (κ2) is 8.43. The standard InChI is InChI=1S/C20H24FN3O3/c1-14-18(15(2)27-22-14)13-23-9-11-24(12-10-23)20(26)8-7-19(25)16-3-5-17(21)6-4-16/h3-6H,7-13H2,1-2H3. The molecular weight excluding hydrogens is 349 g/mol. The number of piperazine rings is 1. The van der Waals surface area contributed by atoms with Crippen molar-refractivity contribution < 1.29 is 18.5 Å². The highest BCUT2D eigenvalue weighted by Gasteiger charge is 2.23. The molecule has 0 spiro atoms. The van der Waals surface area contributed by atoms with E-state index >= 15 is 0 Å². The zero-order valence-corrected chi connectivity index (χ0v) is 15.7. The Bertz CT molecular complexity index is 789. The van der Waals surface area contributed by atoms with Crippen molar-refractivity contribution in [2.75, 3.05) is 26.2 Å². The SMILES string of the molecule is Cc1noc(C)c1CN1CCN(C(=O)CCC(=O)c2ccc(F)cc2)CC1. The molecule has 1 fully saturated rings. The molecule has 1 aliphatic heterocycles. The topological polar surface area (TPSA) is 66.7 Å². The van der Waals surface area contributed by atoms with Crippen LogP contribution in [0.3, 0.4) is 0 Å². The van der Waals surface area contributed by atoms with E-state index in [0.717, 1.165) is 36.7 Å². The van der Waals surface area contributed by atoms with Gasteiger partial charge in [-0.2, -0.15) is 0 Å². The lowest BCUT2D eigenvalue weighted by Gasteiger charge is -2.34. The number of Topliss-reactive ketones (excluding diaryl/α,β-unsaturated/α-hetero) is 1. The van der Waals surface area contributed by atoms with E-state index < -0.39 is 0 Å². The number of hydrogen-bond donors (Lipinski definition) is 0. The summed E-state index contributed by atoms with van der Waals surface area (Å²) in [7, 11) is 0. The maximum absolute atomic E-state index is 12.9. The van der Waals surface area contributed by atoms with Crippen molar-refractivity contribution in [3.8, 4) is 0 Å². The van der Waals surface area contributed by atoms with Crippen molar-refractivity contribution in [2.45, 2.75) is 33.2 Å². The zero-order valence-electron chi connectivity index (χ0n) is 15.7. The number of benzene rings is 1. The van der Waals surface area contributed by atoms with Crippen molar-refractivity contribution in [1.82, 2.24) is 15.0 Å². The van der Waals surface area contributed by atoms with E-state index in [1.165, 1.54) is 24.3 Å². The quantitative estimate of drug-likeness (QED) is 0.729.